The average molecular weight is 301 g/mol. The van der Waals surface area contributed by atoms with E-state index in [1.165, 1.54) is 0 Å². The van der Waals surface area contributed by atoms with Gasteiger partial charge in [0.1, 0.15) is 7.14 Å². The van der Waals surface area contributed by atoms with E-state index in [9.17, 15) is 4.57 Å². The van der Waals surface area contributed by atoms with Gasteiger partial charge in [-0.3, -0.25) is 0 Å². The Balaban J connectivity index is 2.42. The van der Waals surface area contributed by atoms with E-state index in [-0.39, 0.29) is 0 Å². The van der Waals surface area contributed by atoms with Crippen molar-refractivity contribution >= 4 is 23.4 Å². The fourth-order valence-corrected chi connectivity index (χ4v) is 4.59. The maximum Gasteiger partial charge on any atom is 0.142 e. The van der Waals surface area contributed by atoms with Crippen LogP contribution in [0.4, 0.5) is 5.69 Å². The van der Waals surface area contributed by atoms with Gasteiger partial charge < -0.3 is 9.46 Å². The Bertz CT molecular complexity index is 624. The minimum atomic E-state index is -2.56. The molecule has 2 rings (SSSR count). The number of unbranched alkanes of at least 4 members (excludes halogenated alkanes) is 1. The number of hydrogen-bond donors (Lipinski definition) is 0. The van der Waals surface area contributed by atoms with Crippen molar-refractivity contribution in [2.75, 3.05) is 25.2 Å². The van der Waals surface area contributed by atoms with Crippen LogP contribution in [0.2, 0.25) is 0 Å². The summed E-state index contributed by atoms with van der Waals surface area (Å²) in [4.78, 5) is 2.22. The first-order chi connectivity index (χ1) is 10.1. The minimum absolute atomic E-state index is 0.918. The van der Waals surface area contributed by atoms with E-state index in [0.717, 1.165) is 35.7 Å². The van der Waals surface area contributed by atoms with Gasteiger partial charge in [-0.15, -0.1) is 0 Å². The van der Waals surface area contributed by atoms with Gasteiger partial charge in [-0.05, 0) is 25.2 Å². The first kappa shape index (κ1) is 15.9. The quantitative estimate of drug-likeness (QED) is 0.755. The SMILES string of the molecule is CCCCN(C)c1ccccc1P(C)(=O)c1ccccc1. The standard InChI is InChI=1S/C18H24NOP/c1-4-5-15-19(2)17-13-9-10-14-18(17)21(3,20)16-11-7-6-8-12-16/h6-14H,4-5,15H2,1-3H3. The van der Waals surface area contributed by atoms with Crippen molar-refractivity contribution < 1.29 is 4.57 Å². The van der Waals surface area contributed by atoms with Crippen molar-refractivity contribution in [1.82, 2.24) is 0 Å². The summed E-state index contributed by atoms with van der Waals surface area (Å²) in [6, 6.07) is 17.9. The third-order valence-electron chi connectivity index (χ3n) is 3.85. The number of hydrogen-bond acceptors (Lipinski definition) is 2. The van der Waals surface area contributed by atoms with Gasteiger partial charge in [-0.2, -0.15) is 0 Å². The lowest BCUT2D eigenvalue weighted by molar-refractivity contribution is 0.590. The largest absolute Gasteiger partial charge is 0.374 e. The highest BCUT2D eigenvalue weighted by molar-refractivity contribution is 7.78. The second-order valence-electron chi connectivity index (χ2n) is 5.52. The predicted molar refractivity (Wildman–Crippen MR) is 93.9 cm³/mol. The molecule has 0 spiro atoms. The lowest BCUT2D eigenvalue weighted by Crippen LogP contribution is -2.26. The van der Waals surface area contributed by atoms with Crippen LogP contribution in [-0.4, -0.2) is 20.3 Å². The maximum absolute atomic E-state index is 13.4. The summed E-state index contributed by atoms with van der Waals surface area (Å²) >= 11 is 0. The molecule has 112 valence electrons. The molecule has 21 heavy (non-hydrogen) atoms. The molecule has 0 saturated heterocycles. The molecule has 1 unspecified atom stereocenters. The summed E-state index contributed by atoms with van der Waals surface area (Å²) in [6.07, 6.45) is 2.30. The molecule has 0 fully saturated rings. The molecule has 0 aliphatic rings. The zero-order valence-corrected chi connectivity index (χ0v) is 14.0. The van der Waals surface area contributed by atoms with Crippen molar-refractivity contribution in [3.63, 3.8) is 0 Å². The lowest BCUT2D eigenvalue weighted by atomic mass is 10.2. The van der Waals surface area contributed by atoms with Gasteiger partial charge in [-0.25, -0.2) is 0 Å². The molecule has 1 atom stereocenters. The first-order valence-corrected chi connectivity index (χ1v) is 9.66. The highest BCUT2D eigenvalue weighted by atomic mass is 31.2. The number of rotatable bonds is 6. The van der Waals surface area contributed by atoms with Crippen molar-refractivity contribution in [3.8, 4) is 0 Å². The number of benzene rings is 2. The maximum atomic E-state index is 13.4. The Morgan fingerprint density at radius 1 is 1.00 bits per heavy atom. The summed E-state index contributed by atoms with van der Waals surface area (Å²) in [6.45, 7) is 5.05. The fourth-order valence-electron chi connectivity index (χ4n) is 2.52. The predicted octanol–water partition coefficient (Wildman–Crippen LogP) is 3.87. The topological polar surface area (TPSA) is 20.3 Å². The number of anilines is 1. The first-order valence-electron chi connectivity index (χ1n) is 7.51. The molecule has 0 aliphatic heterocycles. The zero-order chi connectivity index (χ0) is 15.3. The van der Waals surface area contributed by atoms with Gasteiger partial charge in [0.15, 0.2) is 0 Å². The van der Waals surface area contributed by atoms with Crippen molar-refractivity contribution in [2.45, 2.75) is 19.8 Å². The molecule has 0 saturated carbocycles. The summed E-state index contributed by atoms with van der Waals surface area (Å²) in [5, 5.41) is 1.87. The molecule has 2 aromatic rings. The van der Waals surface area contributed by atoms with E-state index in [1.54, 1.807) is 0 Å². The monoisotopic (exact) mass is 301 g/mol. The summed E-state index contributed by atoms with van der Waals surface area (Å²) in [5.74, 6) is 0. The molecule has 0 heterocycles. The summed E-state index contributed by atoms with van der Waals surface area (Å²) in [5.41, 5.74) is 1.08. The number of nitrogens with zero attached hydrogens (tertiary/aromatic N) is 1. The van der Waals surface area contributed by atoms with Crippen LogP contribution in [0.25, 0.3) is 0 Å². The van der Waals surface area contributed by atoms with Gasteiger partial charge in [0.25, 0.3) is 0 Å². The molecule has 0 radical (unpaired) electrons. The molecule has 2 aromatic carbocycles. The van der Waals surface area contributed by atoms with Crippen LogP contribution in [0.1, 0.15) is 19.8 Å². The lowest BCUT2D eigenvalue weighted by Gasteiger charge is -2.25. The fraction of sp³-hybridized carbons (Fsp3) is 0.333. The van der Waals surface area contributed by atoms with E-state index in [2.05, 4.69) is 24.9 Å². The molecule has 0 N–H and O–H groups in total. The van der Waals surface area contributed by atoms with Crippen LogP contribution in [0.15, 0.2) is 54.6 Å². The van der Waals surface area contributed by atoms with Gasteiger partial charge in [0.05, 0.1) is 0 Å². The van der Waals surface area contributed by atoms with Gasteiger partial charge in [0, 0.05) is 29.9 Å². The Morgan fingerprint density at radius 3 is 2.29 bits per heavy atom. The summed E-state index contributed by atoms with van der Waals surface area (Å²) < 4.78 is 13.4. The van der Waals surface area contributed by atoms with Gasteiger partial charge in [0.2, 0.25) is 0 Å². The van der Waals surface area contributed by atoms with Crippen LogP contribution < -0.4 is 15.5 Å². The second kappa shape index (κ2) is 6.95. The molecule has 0 amide bonds. The third-order valence-corrected chi connectivity index (χ3v) is 6.43. The highest BCUT2D eigenvalue weighted by Crippen LogP contribution is 2.41. The van der Waals surface area contributed by atoms with Gasteiger partial charge >= 0.3 is 0 Å². The Kier molecular flexibility index (Phi) is 5.25. The molecule has 0 aromatic heterocycles. The van der Waals surface area contributed by atoms with Gasteiger partial charge in [-0.1, -0.05) is 55.8 Å². The molecular weight excluding hydrogens is 277 g/mol. The van der Waals surface area contributed by atoms with Crippen LogP contribution in [0.3, 0.4) is 0 Å². The normalized spacial score (nSPS) is 13.7. The Morgan fingerprint density at radius 2 is 1.62 bits per heavy atom. The minimum Gasteiger partial charge on any atom is -0.374 e. The van der Waals surface area contributed by atoms with E-state index in [4.69, 9.17) is 0 Å². The van der Waals surface area contributed by atoms with Crippen LogP contribution >= 0.6 is 7.14 Å². The van der Waals surface area contributed by atoms with Crippen molar-refractivity contribution in [1.29, 1.82) is 0 Å². The number of para-hydroxylation sites is 1. The third kappa shape index (κ3) is 3.57. The Labute approximate surface area is 128 Å². The zero-order valence-electron chi connectivity index (χ0n) is 13.1. The van der Waals surface area contributed by atoms with E-state index in [0.29, 0.717) is 0 Å². The van der Waals surface area contributed by atoms with E-state index < -0.39 is 7.14 Å². The van der Waals surface area contributed by atoms with E-state index in [1.807, 2.05) is 55.2 Å². The Hall–Kier alpha value is -1.53. The van der Waals surface area contributed by atoms with Crippen LogP contribution in [0.5, 0.6) is 0 Å². The van der Waals surface area contributed by atoms with Crippen LogP contribution in [0, 0.1) is 0 Å². The molecule has 0 bridgehead atoms. The summed E-state index contributed by atoms with van der Waals surface area (Å²) in [7, 11) is -0.480. The highest BCUT2D eigenvalue weighted by Gasteiger charge is 2.24. The molecule has 3 heteroatoms. The van der Waals surface area contributed by atoms with Crippen molar-refractivity contribution in [2.24, 2.45) is 0 Å². The smallest absolute Gasteiger partial charge is 0.142 e. The average Bonchev–Trinajstić information content (AvgIpc) is 2.53. The van der Waals surface area contributed by atoms with Crippen LogP contribution in [-0.2, 0) is 4.57 Å². The molecular formula is C18H24NOP. The molecule has 0 aliphatic carbocycles. The second-order valence-corrected chi connectivity index (χ2v) is 8.37. The van der Waals surface area contributed by atoms with Crippen molar-refractivity contribution in [3.05, 3.63) is 54.6 Å². The van der Waals surface area contributed by atoms with E-state index >= 15 is 0 Å². The molecule has 2 nitrogen and oxygen atoms in total.